The smallest absolute Gasteiger partial charge is 0.349 e. The highest BCUT2D eigenvalue weighted by Gasteiger charge is 2.16. The Morgan fingerprint density at radius 1 is 1.28 bits per heavy atom. The summed E-state index contributed by atoms with van der Waals surface area (Å²) in [5, 5.41) is 1.76. The van der Waals surface area contributed by atoms with Gasteiger partial charge in [-0.15, -0.1) is 11.3 Å². The van der Waals surface area contributed by atoms with E-state index in [0.717, 1.165) is 5.56 Å². The first-order chi connectivity index (χ1) is 8.51. The summed E-state index contributed by atoms with van der Waals surface area (Å²) in [6.45, 7) is 1.76. The number of halogens is 2. The zero-order chi connectivity index (χ0) is 13.3. The number of aromatic nitrogens is 1. The average Bonchev–Trinajstić information content (AvgIpc) is 2.69. The Morgan fingerprint density at radius 3 is 2.44 bits per heavy atom. The van der Waals surface area contributed by atoms with Gasteiger partial charge in [0.2, 0.25) is 0 Å². The van der Waals surface area contributed by atoms with Crippen molar-refractivity contribution in [1.82, 2.24) is 4.98 Å². The molecule has 0 radical (unpaired) electrons. The number of nitrogens with zero attached hydrogens (tertiary/aromatic N) is 1. The van der Waals surface area contributed by atoms with Crippen LogP contribution in [0.4, 0.5) is 0 Å². The fourth-order valence-electron chi connectivity index (χ4n) is 1.48. The van der Waals surface area contributed by atoms with E-state index in [-0.39, 0.29) is 5.97 Å². The fourth-order valence-corrected chi connectivity index (χ4v) is 2.98. The Bertz CT molecular complexity index is 590. The van der Waals surface area contributed by atoms with Crippen LogP contribution in [0.2, 0.25) is 10.0 Å². The van der Waals surface area contributed by atoms with E-state index in [1.54, 1.807) is 25.1 Å². The number of esters is 1. The van der Waals surface area contributed by atoms with Gasteiger partial charge in [0.25, 0.3) is 0 Å². The molecule has 0 aliphatic rings. The molecule has 6 heteroatoms. The number of carbonyl (C=O) groups is 1. The van der Waals surface area contributed by atoms with Gasteiger partial charge in [-0.1, -0.05) is 23.2 Å². The highest BCUT2D eigenvalue weighted by Crippen LogP contribution is 2.32. The van der Waals surface area contributed by atoms with Crippen molar-refractivity contribution in [3.8, 4) is 10.6 Å². The van der Waals surface area contributed by atoms with Crippen molar-refractivity contribution in [3.63, 3.8) is 0 Å². The minimum Gasteiger partial charge on any atom is -0.465 e. The molecule has 0 aliphatic heterocycles. The Labute approximate surface area is 118 Å². The van der Waals surface area contributed by atoms with Crippen molar-refractivity contribution in [2.75, 3.05) is 7.11 Å². The standard InChI is InChI=1S/C12H9Cl2NO2S/c1-6-10(12(16)17-2)18-11(15-6)7-3-8(13)5-9(14)4-7/h3-5H,1-2H3. The second-order valence-electron chi connectivity index (χ2n) is 3.58. The summed E-state index contributed by atoms with van der Waals surface area (Å²) in [5.41, 5.74) is 1.42. The van der Waals surface area contributed by atoms with Crippen LogP contribution in [0.1, 0.15) is 15.4 Å². The van der Waals surface area contributed by atoms with E-state index in [0.29, 0.717) is 25.6 Å². The number of benzene rings is 1. The molecule has 1 aromatic heterocycles. The van der Waals surface area contributed by atoms with Crippen LogP contribution < -0.4 is 0 Å². The van der Waals surface area contributed by atoms with Crippen LogP contribution in [0.3, 0.4) is 0 Å². The molecular weight excluding hydrogens is 293 g/mol. The molecule has 1 heterocycles. The highest BCUT2D eigenvalue weighted by atomic mass is 35.5. The maximum absolute atomic E-state index is 11.5. The van der Waals surface area contributed by atoms with Crippen molar-refractivity contribution in [1.29, 1.82) is 0 Å². The summed E-state index contributed by atoms with van der Waals surface area (Å²) in [6, 6.07) is 5.16. The van der Waals surface area contributed by atoms with Crippen LogP contribution in [-0.2, 0) is 4.74 Å². The van der Waals surface area contributed by atoms with Gasteiger partial charge in [-0.25, -0.2) is 9.78 Å². The highest BCUT2D eigenvalue weighted by molar-refractivity contribution is 7.17. The molecule has 2 rings (SSSR count). The molecule has 18 heavy (non-hydrogen) atoms. The lowest BCUT2D eigenvalue weighted by molar-refractivity contribution is 0.0605. The number of carbonyl (C=O) groups excluding carboxylic acids is 1. The van der Waals surface area contributed by atoms with Crippen molar-refractivity contribution >= 4 is 40.5 Å². The first-order valence-corrected chi connectivity index (χ1v) is 6.60. The minimum atomic E-state index is -0.385. The third-order valence-electron chi connectivity index (χ3n) is 2.28. The zero-order valence-corrected chi connectivity index (χ0v) is 12.0. The molecule has 0 atom stereocenters. The van der Waals surface area contributed by atoms with Crippen LogP contribution in [0.5, 0.6) is 0 Å². The summed E-state index contributed by atoms with van der Waals surface area (Å²) in [7, 11) is 1.34. The van der Waals surface area contributed by atoms with Crippen LogP contribution in [0.15, 0.2) is 18.2 Å². The van der Waals surface area contributed by atoms with Crippen LogP contribution in [0, 0.1) is 6.92 Å². The molecule has 0 aliphatic carbocycles. The van der Waals surface area contributed by atoms with Crippen molar-refractivity contribution < 1.29 is 9.53 Å². The van der Waals surface area contributed by atoms with Gasteiger partial charge in [-0.2, -0.15) is 0 Å². The number of hydrogen-bond donors (Lipinski definition) is 0. The minimum absolute atomic E-state index is 0.385. The van der Waals surface area contributed by atoms with Crippen molar-refractivity contribution in [2.24, 2.45) is 0 Å². The molecule has 0 unspecified atom stereocenters. The maximum Gasteiger partial charge on any atom is 0.349 e. The monoisotopic (exact) mass is 301 g/mol. The average molecular weight is 302 g/mol. The van der Waals surface area contributed by atoms with Crippen molar-refractivity contribution in [2.45, 2.75) is 6.92 Å². The molecule has 0 N–H and O–H groups in total. The van der Waals surface area contributed by atoms with Gasteiger partial charge in [0, 0.05) is 15.6 Å². The van der Waals surface area contributed by atoms with Gasteiger partial charge >= 0.3 is 5.97 Å². The lowest BCUT2D eigenvalue weighted by atomic mass is 10.2. The molecule has 2 aromatic rings. The molecule has 0 bridgehead atoms. The van der Waals surface area contributed by atoms with E-state index < -0.39 is 0 Å². The quantitative estimate of drug-likeness (QED) is 0.780. The van der Waals surface area contributed by atoms with E-state index in [9.17, 15) is 4.79 Å². The van der Waals surface area contributed by atoms with E-state index in [1.807, 2.05) is 0 Å². The summed E-state index contributed by atoms with van der Waals surface area (Å²) in [5.74, 6) is -0.385. The number of methoxy groups -OCH3 is 1. The molecule has 94 valence electrons. The largest absolute Gasteiger partial charge is 0.465 e. The molecule has 0 amide bonds. The summed E-state index contributed by atoms with van der Waals surface area (Å²) < 4.78 is 4.69. The first kappa shape index (κ1) is 13.3. The van der Waals surface area contributed by atoms with Crippen molar-refractivity contribution in [3.05, 3.63) is 38.8 Å². The SMILES string of the molecule is COC(=O)c1sc(-c2cc(Cl)cc(Cl)c2)nc1C. The predicted octanol–water partition coefficient (Wildman–Crippen LogP) is 4.21. The van der Waals surface area contributed by atoms with Crippen LogP contribution in [-0.4, -0.2) is 18.1 Å². The third kappa shape index (κ3) is 2.66. The van der Waals surface area contributed by atoms with E-state index in [2.05, 4.69) is 4.98 Å². The number of hydrogen-bond acceptors (Lipinski definition) is 4. The molecule has 0 saturated carbocycles. The fraction of sp³-hybridized carbons (Fsp3) is 0.167. The maximum atomic E-state index is 11.5. The molecule has 3 nitrogen and oxygen atoms in total. The van der Waals surface area contributed by atoms with Gasteiger partial charge in [-0.3, -0.25) is 0 Å². The summed E-state index contributed by atoms with van der Waals surface area (Å²) in [6.07, 6.45) is 0. The summed E-state index contributed by atoms with van der Waals surface area (Å²) >= 11 is 13.1. The molecule has 0 fully saturated rings. The molecule has 0 saturated heterocycles. The van der Waals surface area contributed by atoms with Crippen LogP contribution in [0.25, 0.3) is 10.6 Å². The molecule has 0 spiro atoms. The van der Waals surface area contributed by atoms with E-state index in [1.165, 1.54) is 18.4 Å². The Hall–Kier alpha value is -1.10. The first-order valence-electron chi connectivity index (χ1n) is 5.03. The number of aryl methyl sites for hydroxylation is 1. The van der Waals surface area contributed by atoms with E-state index >= 15 is 0 Å². The second-order valence-corrected chi connectivity index (χ2v) is 5.46. The lowest BCUT2D eigenvalue weighted by Gasteiger charge is -1.98. The zero-order valence-electron chi connectivity index (χ0n) is 9.66. The molecular formula is C12H9Cl2NO2S. The van der Waals surface area contributed by atoms with Crippen LogP contribution >= 0.6 is 34.5 Å². The lowest BCUT2D eigenvalue weighted by Crippen LogP contribution is -1.99. The third-order valence-corrected chi connectivity index (χ3v) is 3.90. The van der Waals surface area contributed by atoms with E-state index in [4.69, 9.17) is 27.9 Å². The second kappa shape index (κ2) is 5.26. The topological polar surface area (TPSA) is 39.2 Å². The number of rotatable bonds is 2. The van der Waals surface area contributed by atoms with Gasteiger partial charge in [0.15, 0.2) is 0 Å². The predicted molar refractivity (Wildman–Crippen MR) is 73.6 cm³/mol. The van der Waals surface area contributed by atoms with Gasteiger partial charge < -0.3 is 4.74 Å². The normalized spacial score (nSPS) is 10.4. The Morgan fingerprint density at radius 2 is 1.89 bits per heavy atom. The van der Waals surface area contributed by atoms with Gasteiger partial charge in [0.1, 0.15) is 9.88 Å². The number of ether oxygens (including phenoxy) is 1. The molecule has 1 aromatic carbocycles. The number of thiazole rings is 1. The van der Waals surface area contributed by atoms with Gasteiger partial charge in [0.05, 0.1) is 12.8 Å². The Balaban J connectivity index is 2.48. The van der Waals surface area contributed by atoms with Gasteiger partial charge in [-0.05, 0) is 25.1 Å². The summed E-state index contributed by atoms with van der Waals surface area (Å²) in [4.78, 5) is 16.3. The Kier molecular flexibility index (Phi) is 3.90.